The van der Waals surface area contributed by atoms with Gasteiger partial charge >= 0.3 is 5.97 Å². The highest BCUT2D eigenvalue weighted by Crippen LogP contribution is 2.17. The number of hydrogen-bond donors (Lipinski definition) is 1. The Balaban J connectivity index is 2.03. The lowest BCUT2D eigenvalue weighted by Gasteiger charge is -2.15. The van der Waals surface area contributed by atoms with E-state index < -0.39 is 27.8 Å². The van der Waals surface area contributed by atoms with Gasteiger partial charge in [-0.25, -0.2) is 13.2 Å². The number of nitrogens with one attached hydrogen (secondary N) is 1. The molecule has 0 saturated carbocycles. The second-order valence-corrected chi connectivity index (χ2v) is 8.02. The summed E-state index contributed by atoms with van der Waals surface area (Å²) < 4.78 is 28.5. The van der Waals surface area contributed by atoms with Crippen molar-refractivity contribution in [2.24, 2.45) is 0 Å². The summed E-state index contributed by atoms with van der Waals surface area (Å²) in [5, 5.41) is 2.69. The molecule has 2 aromatic rings. The molecule has 7 heteroatoms. The molecule has 0 unspecified atom stereocenters. The normalized spacial score (nSPS) is 12.3. The topological polar surface area (TPSA) is 89.5 Å². The predicted octanol–water partition coefficient (Wildman–Crippen LogP) is 2.26. The average Bonchev–Trinajstić information content (AvgIpc) is 2.59. The molecule has 0 radical (unpaired) electrons. The molecule has 1 amide bonds. The minimum absolute atomic E-state index is 0.0243. The van der Waals surface area contributed by atoms with Crippen LogP contribution in [-0.2, 0) is 25.9 Å². The molecule has 0 heterocycles. The molecule has 0 bridgehead atoms. The first-order chi connectivity index (χ1) is 12.2. The van der Waals surface area contributed by atoms with Crippen molar-refractivity contribution in [3.05, 3.63) is 65.2 Å². The van der Waals surface area contributed by atoms with Gasteiger partial charge in [-0.05, 0) is 37.1 Å². The van der Waals surface area contributed by atoms with Gasteiger partial charge in [0.2, 0.25) is 0 Å². The minimum Gasteiger partial charge on any atom is -0.449 e. The zero-order valence-electron chi connectivity index (χ0n) is 14.9. The zero-order valence-corrected chi connectivity index (χ0v) is 15.7. The van der Waals surface area contributed by atoms with Crippen molar-refractivity contribution in [2.75, 3.05) is 6.26 Å². The van der Waals surface area contributed by atoms with Crippen LogP contribution >= 0.6 is 0 Å². The van der Waals surface area contributed by atoms with Gasteiger partial charge in [0.25, 0.3) is 5.91 Å². The van der Waals surface area contributed by atoms with E-state index in [4.69, 9.17) is 4.74 Å². The summed E-state index contributed by atoms with van der Waals surface area (Å²) in [6.07, 6.45) is 0.0550. The molecule has 0 saturated heterocycles. The van der Waals surface area contributed by atoms with Crippen LogP contribution in [0.3, 0.4) is 0 Å². The maximum Gasteiger partial charge on any atom is 0.339 e. The number of aryl methyl sites for hydroxylation is 1. The number of carbonyl (C=O) groups is 2. The van der Waals surface area contributed by atoms with Gasteiger partial charge in [-0.1, -0.05) is 36.4 Å². The Morgan fingerprint density at radius 1 is 1.12 bits per heavy atom. The lowest BCUT2D eigenvalue weighted by Crippen LogP contribution is -2.35. The van der Waals surface area contributed by atoms with Crippen molar-refractivity contribution in [2.45, 2.75) is 31.4 Å². The Bertz CT molecular complexity index is 907. The Morgan fingerprint density at radius 2 is 1.77 bits per heavy atom. The van der Waals surface area contributed by atoms with Crippen molar-refractivity contribution < 1.29 is 22.7 Å². The van der Waals surface area contributed by atoms with E-state index in [1.807, 2.05) is 30.3 Å². The summed E-state index contributed by atoms with van der Waals surface area (Å²) in [4.78, 5) is 24.5. The number of esters is 1. The molecule has 1 atom stereocenters. The van der Waals surface area contributed by atoms with Gasteiger partial charge in [-0.2, -0.15) is 0 Å². The first-order valence-corrected chi connectivity index (χ1v) is 9.91. The van der Waals surface area contributed by atoms with Gasteiger partial charge in [0, 0.05) is 12.8 Å². The standard InChI is InChI=1S/C19H21NO5S/c1-13-9-10-16(26(3,23)24)11-17(13)19(22)25-14(2)18(21)20-12-15-7-5-4-6-8-15/h4-11,14H,12H2,1-3H3,(H,20,21)/t14-/m0/s1. The predicted molar refractivity (Wildman–Crippen MR) is 97.5 cm³/mol. The van der Waals surface area contributed by atoms with Gasteiger partial charge in [0.05, 0.1) is 10.5 Å². The molecule has 138 valence electrons. The highest BCUT2D eigenvalue weighted by Gasteiger charge is 2.21. The lowest BCUT2D eigenvalue weighted by atomic mass is 10.1. The molecule has 0 aromatic heterocycles. The van der Waals surface area contributed by atoms with Crippen LogP contribution in [0.2, 0.25) is 0 Å². The first-order valence-electron chi connectivity index (χ1n) is 8.02. The second-order valence-electron chi connectivity index (χ2n) is 6.00. The first kappa shape index (κ1) is 19.7. The second kappa shape index (κ2) is 8.14. The molecule has 0 spiro atoms. The van der Waals surface area contributed by atoms with E-state index in [0.29, 0.717) is 12.1 Å². The van der Waals surface area contributed by atoms with E-state index in [9.17, 15) is 18.0 Å². The van der Waals surface area contributed by atoms with Crippen molar-refractivity contribution in [3.63, 3.8) is 0 Å². The van der Waals surface area contributed by atoms with E-state index in [-0.39, 0.29) is 10.5 Å². The summed E-state index contributed by atoms with van der Waals surface area (Å²) in [7, 11) is -3.45. The largest absolute Gasteiger partial charge is 0.449 e. The monoisotopic (exact) mass is 375 g/mol. The molecule has 0 aliphatic carbocycles. The van der Waals surface area contributed by atoms with Gasteiger partial charge < -0.3 is 10.1 Å². The quantitative estimate of drug-likeness (QED) is 0.782. The maximum atomic E-state index is 12.3. The fraction of sp³-hybridized carbons (Fsp3) is 0.263. The smallest absolute Gasteiger partial charge is 0.339 e. The van der Waals surface area contributed by atoms with Crippen LogP contribution in [0.1, 0.15) is 28.4 Å². The fourth-order valence-electron chi connectivity index (χ4n) is 2.26. The van der Waals surface area contributed by atoms with E-state index >= 15 is 0 Å². The van der Waals surface area contributed by atoms with Gasteiger partial charge in [-0.3, -0.25) is 4.79 Å². The Morgan fingerprint density at radius 3 is 2.38 bits per heavy atom. The van der Waals surface area contributed by atoms with Crippen LogP contribution in [0.15, 0.2) is 53.4 Å². The third-order valence-electron chi connectivity index (χ3n) is 3.82. The molecule has 0 aliphatic heterocycles. The van der Waals surface area contributed by atoms with E-state index in [2.05, 4.69) is 5.32 Å². The summed E-state index contributed by atoms with van der Waals surface area (Å²) in [5.74, 6) is -1.17. The number of sulfone groups is 1. The molecular formula is C19H21NO5S. The highest BCUT2D eigenvalue weighted by atomic mass is 32.2. The van der Waals surface area contributed by atoms with E-state index in [1.54, 1.807) is 6.92 Å². The van der Waals surface area contributed by atoms with Crippen LogP contribution in [0.25, 0.3) is 0 Å². The summed E-state index contributed by atoms with van der Waals surface area (Å²) >= 11 is 0. The van der Waals surface area contributed by atoms with Crippen LogP contribution in [0.4, 0.5) is 0 Å². The van der Waals surface area contributed by atoms with Crippen LogP contribution in [-0.4, -0.2) is 32.7 Å². The Labute approximate surface area is 153 Å². The lowest BCUT2D eigenvalue weighted by molar-refractivity contribution is -0.129. The average molecular weight is 375 g/mol. The van der Waals surface area contributed by atoms with Gasteiger partial charge in [-0.15, -0.1) is 0 Å². The molecular weight excluding hydrogens is 354 g/mol. The third kappa shape index (κ3) is 5.16. The van der Waals surface area contributed by atoms with Crippen molar-refractivity contribution >= 4 is 21.7 Å². The number of ether oxygens (including phenoxy) is 1. The third-order valence-corrected chi connectivity index (χ3v) is 4.93. The van der Waals surface area contributed by atoms with E-state index in [1.165, 1.54) is 25.1 Å². The number of rotatable bonds is 6. The molecule has 1 N–H and O–H groups in total. The van der Waals surface area contributed by atoms with E-state index in [0.717, 1.165) is 11.8 Å². The van der Waals surface area contributed by atoms with Crippen molar-refractivity contribution in [3.8, 4) is 0 Å². The van der Waals surface area contributed by atoms with Gasteiger partial charge in [0.1, 0.15) is 0 Å². The number of hydrogen-bond acceptors (Lipinski definition) is 5. The highest BCUT2D eigenvalue weighted by molar-refractivity contribution is 7.90. The number of amides is 1. The molecule has 2 aromatic carbocycles. The SMILES string of the molecule is Cc1ccc(S(C)(=O)=O)cc1C(=O)O[C@@H](C)C(=O)NCc1ccccc1. The zero-order chi connectivity index (χ0) is 19.3. The molecule has 2 rings (SSSR count). The van der Waals surface area contributed by atoms with Gasteiger partial charge in [0.15, 0.2) is 15.9 Å². The molecule has 26 heavy (non-hydrogen) atoms. The van der Waals surface area contributed by atoms with Crippen molar-refractivity contribution in [1.29, 1.82) is 0 Å². The Kier molecular flexibility index (Phi) is 6.15. The maximum absolute atomic E-state index is 12.3. The summed E-state index contributed by atoms with van der Waals surface area (Å²) in [6.45, 7) is 3.46. The van der Waals surface area contributed by atoms with Crippen LogP contribution < -0.4 is 5.32 Å². The molecule has 0 aliphatic rings. The minimum atomic E-state index is -3.45. The number of carbonyl (C=O) groups excluding carboxylic acids is 2. The molecule has 6 nitrogen and oxygen atoms in total. The van der Waals surface area contributed by atoms with Crippen LogP contribution in [0, 0.1) is 6.92 Å². The molecule has 0 fully saturated rings. The fourth-order valence-corrected chi connectivity index (χ4v) is 2.91. The summed E-state index contributed by atoms with van der Waals surface area (Å²) in [5.41, 5.74) is 1.62. The summed E-state index contributed by atoms with van der Waals surface area (Å²) in [6, 6.07) is 13.6. The van der Waals surface area contributed by atoms with Crippen molar-refractivity contribution in [1.82, 2.24) is 5.32 Å². The number of benzene rings is 2. The Hall–Kier alpha value is -2.67. The van der Waals surface area contributed by atoms with Crippen LogP contribution in [0.5, 0.6) is 0 Å².